The van der Waals surface area contributed by atoms with Crippen molar-refractivity contribution >= 4 is 38.3 Å². The molecule has 0 spiro atoms. The Bertz CT molecular complexity index is 896. The van der Waals surface area contributed by atoms with Crippen molar-refractivity contribution in [3.05, 3.63) is 54.3 Å². The number of rotatable bonds is 3. The second-order valence-corrected chi connectivity index (χ2v) is 7.23. The third-order valence-electron chi connectivity index (χ3n) is 4.46. The molecular formula is C19H18FN3OS. The first-order valence-corrected chi connectivity index (χ1v) is 9.18. The molecule has 0 aliphatic carbocycles. The largest absolute Gasteiger partial charge is 0.347 e. The molecule has 2 heterocycles. The van der Waals surface area contributed by atoms with E-state index in [2.05, 4.69) is 15.2 Å². The lowest BCUT2D eigenvalue weighted by atomic mass is 9.97. The van der Waals surface area contributed by atoms with Crippen LogP contribution in [0.1, 0.15) is 12.8 Å². The van der Waals surface area contributed by atoms with Gasteiger partial charge in [0.25, 0.3) is 0 Å². The van der Waals surface area contributed by atoms with Gasteiger partial charge >= 0.3 is 0 Å². The van der Waals surface area contributed by atoms with Gasteiger partial charge in [-0.05, 0) is 37.1 Å². The number of para-hydroxylation sites is 2. The number of fused-ring (bicyclic) bond motifs is 1. The van der Waals surface area contributed by atoms with Crippen LogP contribution in [0.3, 0.4) is 0 Å². The van der Waals surface area contributed by atoms with Gasteiger partial charge in [0.2, 0.25) is 5.91 Å². The molecule has 0 radical (unpaired) electrons. The summed E-state index contributed by atoms with van der Waals surface area (Å²) in [5, 5.41) is 3.77. The Hall–Kier alpha value is -2.47. The minimum atomic E-state index is -0.296. The van der Waals surface area contributed by atoms with Crippen LogP contribution in [0.4, 0.5) is 15.2 Å². The molecule has 25 heavy (non-hydrogen) atoms. The van der Waals surface area contributed by atoms with Crippen LogP contribution < -0.4 is 10.2 Å². The molecule has 1 atom stereocenters. The molecule has 128 valence electrons. The summed E-state index contributed by atoms with van der Waals surface area (Å²) in [5.74, 6) is -0.357. The molecule has 6 heteroatoms. The van der Waals surface area contributed by atoms with Gasteiger partial charge in [-0.2, -0.15) is 0 Å². The maximum Gasteiger partial charge on any atom is 0.229 e. The van der Waals surface area contributed by atoms with E-state index < -0.39 is 0 Å². The van der Waals surface area contributed by atoms with E-state index in [1.807, 2.05) is 36.4 Å². The van der Waals surface area contributed by atoms with E-state index in [-0.39, 0.29) is 17.6 Å². The van der Waals surface area contributed by atoms with Gasteiger partial charge in [-0.1, -0.05) is 35.6 Å². The molecule has 1 saturated heterocycles. The predicted octanol–water partition coefficient (Wildman–Crippen LogP) is 4.29. The van der Waals surface area contributed by atoms with Gasteiger partial charge < -0.3 is 10.2 Å². The molecule has 1 N–H and O–H groups in total. The average Bonchev–Trinajstić information content (AvgIpc) is 3.08. The van der Waals surface area contributed by atoms with Crippen LogP contribution in [-0.4, -0.2) is 24.0 Å². The maximum atomic E-state index is 13.9. The third-order valence-corrected chi connectivity index (χ3v) is 5.54. The van der Waals surface area contributed by atoms with Gasteiger partial charge in [0.05, 0.1) is 10.6 Å². The first-order chi connectivity index (χ1) is 12.2. The van der Waals surface area contributed by atoms with E-state index in [1.54, 1.807) is 6.07 Å². The zero-order valence-corrected chi connectivity index (χ0v) is 14.4. The number of anilines is 2. The van der Waals surface area contributed by atoms with Gasteiger partial charge in [0, 0.05) is 18.8 Å². The van der Waals surface area contributed by atoms with Crippen LogP contribution in [0.25, 0.3) is 10.2 Å². The van der Waals surface area contributed by atoms with Crippen LogP contribution in [0.5, 0.6) is 0 Å². The molecule has 4 nitrogen and oxygen atoms in total. The third kappa shape index (κ3) is 3.35. The minimum Gasteiger partial charge on any atom is -0.347 e. The van der Waals surface area contributed by atoms with Gasteiger partial charge in [0.15, 0.2) is 5.13 Å². The van der Waals surface area contributed by atoms with Crippen molar-refractivity contribution in [3.8, 4) is 0 Å². The molecule has 4 rings (SSSR count). The van der Waals surface area contributed by atoms with Gasteiger partial charge in [-0.15, -0.1) is 0 Å². The normalized spacial score (nSPS) is 17.6. The Kier molecular flexibility index (Phi) is 4.36. The SMILES string of the molecule is O=C(Nc1ccccc1)C1CCCN(c2nc3c(F)cccc3s2)C1. The van der Waals surface area contributed by atoms with Crippen molar-refractivity contribution in [1.82, 2.24) is 4.98 Å². The Morgan fingerprint density at radius 1 is 1.20 bits per heavy atom. The van der Waals surface area contributed by atoms with Crippen molar-refractivity contribution in [2.24, 2.45) is 5.92 Å². The summed E-state index contributed by atoms with van der Waals surface area (Å²) in [6, 6.07) is 14.5. The smallest absolute Gasteiger partial charge is 0.229 e. The van der Waals surface area contributed by atoms with Crippen LogP contribution in [0, 0.1) is 11.7 Å². The van der Waals surface area contributed by atoms with E-state index in [0.717, 1.165) is 34.9 Å². The zero-order valence-electron chi connectivity index (χ0n) is 13.6. The molecule has 3 aromatic rings. The predicted molar refractivity (Wildman–Crippen MR) is 99.6 cm³/mol. The number of piperidine rings is 1. The second kappa shape index (κ2) is 6.80. The Labute approximate surface area is 149 Å². The van der Waals surface area contributed by atoms with Crippen molar-refractivity contribution in [2.45, 2.75) is 12.8 Å². The summed E-state index contributed by atoms with van der Waals surface area (Å²) in [4.78, 5) is 19.1. The molecule has 1 amide bonds. The summed E-state index contributed by atoms with van der Waals surface area (Å²) in [6.07, 6.45) is 1.78. The topological polar surface area (TPSA) is 45.2 Å². The summed E-state index contributed by atoms with van der Waals surface area (Å²) in [6.45, 7) is 1.46. The molecule has 1 aromatic heterocycles. The number of carbonyl (C=O) groups is 1. The number of benzene rings is 2. The quantitative estimate of drug-likeness (QED) is 0.762. The molecule has 2 aromatic carbocycles. The lowest BCUT2D eigenvalue weighted by molar-refractivity contribution is -0.120. The van der Waals surface area contributed by atoms with Crippen molar-refractivity contribution in [1.29, 1.82) is 0 Å². The first-order valence-electron chi connectivity index (χ1n) is 8.36. The molecule has 0 saturated carbocycles. The second-order valence-electron chi connectivity index (χ2n) is 6.22. The molecule has 1 aliphatic heterocycles. The number of carbonyl (C=O) groups excluding carboxylic acids is 1. The van der Waals surface area contributed by atoms with Gasteiger partial charge in [-0.3, -0.25) is 4.79 Å². The van der Waals surface area contributed by atoms with E-state index in [0.29, 0.717) is 12.1 Å². The number of aromatic nitrogens is 1. The summed E-state index contributed by atoms with van der Waals surface area (Å²) in [7, 11) is 0. The summed E-state index contributed by atoms with van der Waals surface area (Å²) >= 11 is 1.48. The monoisotopic (exact) mass is 355 g/mol. The average molecular weight is 355 g/mol. The van der Waals surface area contributed by atoms with E-state index in [1.165, 1.54) is 17.4 Å². The van der Waals surface area contributed by atoms with E-state index in [4.69, 9.17) is 0 Å². The standard InChI is InChI=1S/C19H18FN3OS/c20-15-9-4-10-16-17(15)22-19(25-16)23-11-5-6-13(12-23)18(24)21-14-7-2-1-3-8-14/h1-4,7-10,13H,5-6,11-12H2,(H,21,24). The first kappa shape index (κ1) is 16.0. The van der Waals surface area contributed by atoms with E-state index in [9.17, 15) is 9.18 Å². The van der Waals surface area contributed by atoms with Gasteiger partial charge in [0.1, 0.15) is 11.3 Å². The fraction of sp³-hybridized carbons (Fsp3) is 0.263. The van der Waals surface area contributed by atoms with Crippen molar-refractivity contribution in [3.63, 3.8) is 0 Å². The Balaban J connectivity index is 1.50. The highest BCUT2D eigenvalue weighted by atomic mass is 32.1. The number of nitrogens with zero attached hydrogens (tertiary/aromatic N) is 2. The summed E-state index contributed by atoms with van der Waals surface area (Å²) in [5.41, 5.74) is 1.23. The van der Waals surface area contributed by atoms with Crippen LogP contribution in [0.2, 0.25) is 0 Å². The highest BCUT2D eigenvalue weighted by Gasteiger charge is 2.27. The number of hydrogen-bond acceptors (Lipinski definition) is 4. The van der Waals surface area contributed by atoms with Crippen LogP contribution in [-0.2, 0) is 4.79 Å². The molecular weight excluding hydrogens is 337 g/mol. The number of halogens is 1. The lowest BCUT2D eigenvalue weighted by Crippen LogP contribution is -2.40. The Morgan fingerprint density at radius 2 is 2.04 bits per heavy atom. The minimum absolute atomic E-state index is 0.0307. The highest BCUT2D eigenvalue weighted by molar-refractivity contribution is 7.22. The zero-order chi connectivity index (χ0) is 17.2. The lowest BCUT2D eigenvalue weighted by Gasteiger charge is -2.31. The van der Waals surface area contributed by atoms with Crippen molar-refractivity contribution in [2.75, 3.05) is 23.3 Å². The fourth-order valence-corrected chi connectivity index (χ4v) is 4.18. The number of thiazole rings is 1. The molecule has 1 aliphatic rings. The van der Waals surface area contributed by atoms with Crippen LogP contribution >= 0.6 is 11.3 Å². The maximum absolute atomic E-state index is 13.9. The molecule has 0 bridgehead atoms. The fourth-order valence-electron chi connectivity index (χ4n) is 3.17. The van der Waals surface area contributed by atoms with Gasteiger partial charge in [-0.25, -0.2) is 9.37 Å². The van der Waals surface area contributed by atoms with Crippen molar-refractivity contribution < 1.29 is 9.18 Å². The van der Waals surface area contributed by atoms with Crippen LogP contribution in [0.15, 0.2) is 48.5 Å². The number of nitrogens with one attached hydrogen (secondary N) is 1. The molecule has 1 fully saturated rings. The number of amides is 1. The highest BCUT2D eigenvalue weighted by Crippen LogP contribution is 2.32. The number of hydrogen-bond donors (Lipinski definition) is 1. The Morgan fingerprint density at radius 3 is 2.84 bits per heavy atom. The van der Waals surface area contributed by atoms with E-state index >= 15 is 0 Å². The molecule has 1 unspecified atom stereocenters. The summed E-state index contributed by atoms with van der Waals surface area (Å²) < 4.78 is 14.7.